The Bertz CT molecular complexity index is 772. The summed E-state index contributed by atoms with van der Waals surface area (Å²) in [5.74, 6) is -0.204. The highest BCUT2D eigenvalue weighted by molar-refractivity contribution is 5.95. The lowest BCUT2D eigenvalue weighted by Gasteiger charge is -2.31. The van der Waals surface area contributed by atoms with Gasteiger partial charge in [-0.15, -0.1) is 0 Å². The molecule has 0 radical (unpaired) electrons. The fraction of sp³-hybridized carbons (Fsp3) is 0.609. The van der Waals surface area contributed by atoms with Gasteiger partial charge in [0.25, 0.3) is 5.91 Å². The Kier molecular flexibility index (Phi) is 7.13. The van der Waals surface area contributed by atoms with Gasteiger partial charge >= 0.3 is 0 Å². The second-order valence-corrected chi connectivity index (χ2v) is 8.49. The van der Waals surface area contributed by atoms with Crippen LogP contribution in [0.15, 0.2) is 18.2 Å². The molecule has 2 amide bonds. The average Bonchev–Trinajstić information content (AvgIpc) is 2.74. The number of nitrogens with zero attached hydrogens (tertiary/aromatic N) is 1. The van der Waals surface area contributed by atoms with E-state index >= 15 is 0 Å². The SMILES string of the molecule is Cc1cc(C(=O)NC2CCCCC2)ccc1NCC(=O)NC1(C#N)CCCCC1. The molecule has 2 saturated carbocycles. The first kappa shape index (κ1) is 21.2. The summed E-state index contributed by atoms with van der Waals surface area (Å²) in [5.41, 5.74) is 1.67. The van der Waals surface area contributed by atoms with Gasteiger partial charge in [0.05, 0.1) is 12.6 Å². The van der Waals surface area contributed by atoms with Crippen molar-refractivity contribution in [1.29, 1.82) is 5.26 Å². The van der Waals surface area contributed by atoms with Gasteiger partial charge in [-0.05, 0) is 56.4 Å². The van der Waals surface area contributed by atoms with Crippen LogP contribution in [0.5, 0.6) is 0 Å². The number of nitriles is 1. The number of benzene rings is 1. The molecule has 2 aliphatic rings. The summed E-state index contributed by atoms with van der Waals surface area (Å²) in [7, 11) is 0. The van der Waals surface area contributed by atoms with Crippen LogP contribution in [0.3, 0.4) is 0 Å². The van der Waals surface area contributed by atoms with Crippen molar-refractivity contribution in [1.82, 2.24) is 10.6 Å². The second kappa shape index (κ2) is 9.78. The lowest BCUT2D eigenvalue weighted by Crippen LogP contribution is -2.50. The minimum atomic E-state index is -0.715. The topological polar surface area (TPSA) is 94.0 Å². The molecule has 29 heavy (non-hydrogen) atoms. The molecule has 1 aromatic carbocycles. The van der Waals surface area contributed by atoms with E-state index in [0.717, 1.165) is 56.2 Å². The molecular formula is C23H32N4O2. The zero-order chi connectivity index (χ0) is 20.7. The summed E-state index contributed by atoms with van der Waals surface area (Å²) in [4.78, 5) is 24.9. The monoisotopic (exact) mass is 396 g/mol. The van der Waals surface area contributed by atoms with Crippen LogP contribution < -0.4 is 16.0 Å². The van der Waals surface area contributed by atoms with Gasteiger partial charge in [-0.25, -0.2) is 0 Å². The highest BCUT2D eigenvalue weighted by Crippen LogP contribution is 2.27. The summed E-state index contributed by atoms with van der Waals surface area (Å²) >= 11 is 0. The van der Waals surface area contributed by atoms with E-state index in [4.69, 9.17) is 0 Å². The van der Waals surface area contributed by atoms with E-state index in [1.54, 1.807) is 6.07 Å². The Morgan fingerprint density at radius 3 is 2.45 bits per heavy atom. The third kappa shape index (κ3) is 5.72. The average molecular weight is 397 g/mol. The normalized spacial score (nSPS) is 19.0. The Hall–Kier alpha value is -2.55. The van der Waals surface area contributed by atoms with Gasteiger partial charge in [-0.1, -0.05) is 38.5 Å². The van der Waals surface area contributed by atoms with Gasteiger partial charge in [0.15, 0.2) is 0 Å². The van der Waals surface area contributed by atoms with Crippen LogP contribution in [0.2, 0.25) is 0 Å². The first-order chi connectivity index (χ1) is 14.0. The van der Waals surface area contributed by atoms with E-state index in [1.165, 1.54) is 19.3 Å². The number of rotatable bonds is 6. The largest absolute Gasteiger partial charge is 0.376 e. The number of nitrogens with one attached hydrogen (secondary N) is 3. The van der Waals surface area contributed by atoms with Gasteiger partial charge in [0, 0.05) is 17.3 Å². The maximum Gasteiger partial charge on any atom is 0.251 e. The molecule has 1 aromatic rings. The summed E-state index contributed by atoms with van der Waals surface area (Å²) in [6.45, 7) is 2.04. The van der Waals surface area contributed by atoms with Crippen molar-refractivity contribution in [2.75, 3.05) is 11.9 Å². The van der Waals surface area contributed by atoms with Gasteiger partial charge < -0.3 is 16.0 Å². The molecule has 6 nitrogen and oxygen atoms in total. The first-order valence-electron chi connectivity index (χ1n) is 10.9. The van der Waals surface area contributed by atoms with Crippen LogP contribution in [0.25, 0.3) is 0 Å². The molecule has 3 N–H and O–H groups in total. The van der Waals surface area contributed by atoms with E-state index in [1.807, 2.05) is 19.1 Å². The predicted octanol–water partition coefficient (Wildman–Crippen LogP) is 3.81. The van der Waals surface area contributed by atoms with Crippen molar-refractivity contribution in [3.8, 4) is 6.07 Å². The fourth-order valence-electron chi connectivity index (χ4n) is 4.43. The zero-order valence-electron chi connectivity index (χ0n) is 17.4. The number of anilines is 1. The van der Waals surface area contributed by atoms with Crippen molar-refractivity contribution in [3.63, 3.8) is 0 Å². The zero-order valence-corrected chi connectivity index (χ0v) is 17.4. The van der Waals surface area contributed by atoms with Crippen LogP contribution in [0, 0.1) is 18.3 Å². The standard InChI is InChI=1S/C23H32N4O2/c1-17-14-18(22(29)26-19-8-4-2-5-9-19)10-11-20(17)25-15-21(28)27-23(16-24)12-6-3-7-13-23/h10-11,14,19,25H,2-9,12-13,15H2,1H3,(H,26,29)(H,27,28). The third-order valence-electron chi connectivity index (χ3n) is 6.17. The van der Waals surface area contributed by atoms with Crippen molar-refractivity contribution < 1.29 is 9.59 Å². The number of hydrogen-bond donors (Lipinski definition) is 3. The van der Waals surface area contributed by atoms with E-state index in [0.29, 0.717) is 5.56 Å². The van der Waals surface area contributed by atoms with Crippen LogP contribution in [0.1, 0.15) is 80.1 Å². The molecule has 0 spiro atoms. The highest BCUT2D eigenvalue weighted by Gasteiger charge is 2.33. The minimum absolute atomic E-state index is 0.0300. The van der Waals surface area contributed by atoms with E-state index < -0.39 is 5.54 Å². The molecule has 2 fully saturated rings. The van der Waals surface area contributed by atoms with Crippen molar-refractivity contribution in [2.45, 2.75) is 82.7 Å². The van der Waals surface area contributed by atoms with Crippen molar-refractivity contribution in [3.05, 3.63) is 29.3 Å². The van der Waals surface area contributed by atoms with Gasteiger partial charge in [0.1, 0.15) is 5.54 Å². The summed E-state index contributed by atoms with van der Waals surface area (Å²) in [6, 6.07) is 8.09. The smallest absolute Gasteiger partial charge is 0.251 e. The maximum atomic E-state index is 12.5. The number of carbonyl (C=O) groups excluding carboxylic acids is 2. The van der Waals surface area contributed by atoms with Crippen LogP contribution in [0.4, 0.5) is 5.69 Å². The summed E-state index contributed by atoms with van der Waals surface area (Å²) in [5, 5.41) is 18.7. The Labute approximate surface area is 173 Å². The maximum absolute atomic E-state index is 12.5. The fourth-order valence-corrected chi connectivity index (χ4v) is 4.43. The van der Waals surface area contributed by atoms with Gasteiger partial charge in [-0.3, -0.25) is 9.59 Å². The van der Waals surface area contributed by atoms with E-state index in [9.17, 15) is 14.9 Å². The lowest BCUT2D eigenvalue weighted by atomic mass is 9.83. The molecule has 0 heterocycles. The molecular weight excluding hydrogens is 364 g/mol. The molecule has 0 saturated heterocycles. The van der Waals surface area contributed by atoms with Gasteiger partial charge in [-0.2, -0.15) is 5.26 Å². The minimum Gasteiger partial charge on any atom is -0.376 e. The van der Waals surface area contributed by atoms with Gasteiger partial charge in [0.2, 0.25) is 5.91 Å². The van der Waals surface area contributed by atoms with Crippen molar-refractivity contribution >= 4 is 17.5 Å². The lowest BCUT2D eigenvalue weighted by molar-refractivity contribution is -0.121. The molecule has 0 aromatic heterocycles. The Morgan fingerprint density at radius 1 is 1.10 bits per heavy atom. The van der Waals surface area contributed by atoms with Crippen LogP contribution >= 0.6 is 0 Å². The van der Waals surface area contributed by atoms with E-state index in [2.05, 4.69) is 22.0 Å². The van der Waals surface area contributed by atoms with E-state index in [-0.39, 0.29) is 24.4 Å². The van der Waals surface area contributed by atoms with Crippen LogP contribution in [-0.4, -0.2) is 29.9 Å². The number of aryl methyl sites for hydroxylation is 1. The molecule has 0 unspecified atom stereocenters. The quantitative estimate of drug-likeness (QED) is 0.681. The number of amides is 2. The second-order valence-electron chi connectivity index (χ2n) is 8.49. The molecule has 0 aliphatic heterocycles. The molecule has 6 heteroatoms. The third-order valence-corrected chi connectivity index (χ3v) is 6.17. The molecule has 156 valence electrons. The molecule has 0 bridgehead atoms. The Morgan fingerprint density at radius 2 is 1.79 bits per heavy atom. The molecule has 0 atom stereocenters. The predicted molar refractivity (Wildman–Crippen MR) is 114 cm³/mol. The number of hydrogen-bond acceptors (Lipinski definition) is 4. The first-order valence-corrected chi connectivity index (χ1v) is 10.9. The molecule has 3 rings (SSSR count). The summed E-state index contributed by atoms with van der Waals surface area (Å²) in [6.07, 6.45) is 10.3. The summed E-state index contributed by atoms with van der Waals surface area (Å²) < 4.78 is 0. The number of carbonyl (C=O) groups is 2. The molecule has 2 aliphatic carbocycles. The van der Waals surface area contributed by atoms with Crippen LogP contribution in [-0.2, 0) is 4.79 Å². The Balaban J connectivity index is 1.52. The highest BCUT2D eigenvalue weighted by atomic mass is 16.2. The van der Waals surface area contributed by atoms with Crippen molar-refractivity contribution in [2.24, 2.45) is 0 Å².